The number of thiophene rings is 1. The second-order valence-corrected chi connectivity index (χ2v) is 8.90. The van der Waals surface area contributed by atoms with Crippen molar-refractivity contribution in [3.8, 4) is 22.4 Å². The summed E-state index contributed by atoms with van der Waals surface area (Å²) in [6.07, 6.45) is 1.38. The van der Waals surface area contributed by atoms with Crippen LogP contribution in [0.3, 0.4) is 0 Å². The van der Waals surface area contributed by atoms with Crippen molar-refractivity contribution in [2.24, 2.45) is 0 Å². The highest BCUT2D eigenvalue weighted by atomic mass is 32.1. The first-order valence-corrected chi connectivity index (χ1v) is 11.8. The van der Waals surface area contributed by atoms with E-state index in [1.807, 2.05) is 23.8 Å². The van der Waals surface area contributed by atoms with Crippen LogP contribution in [0.25, 0.3) is 44.4 Å². The first kappa shape index (κ1) is 21.2. The van der Waals surface area contributed by atoms with Crippen LogP contribution in [0.2, 0.25) is 0 Å². The Morgan fingerprint density at radius 3 is 2.74 bits per heavy atom. The third-order valence-corrected chi connectivity index (χ3v) is 6.68. The third-order valence-electron chi connectivity index (χ3n) is 6.00. The minimum Gasteiger partial charge on any atom is -0.458 e. The molecule has 1 atom stereocenters. The molecule has 0 radical (unpaired) electrons. The highest BCUT2D eigenvalue weighted by Crippen LogP contribution is 2.36. The fourth-order valence-corrected chi connectivity index (χ4v) is 4.99. The predicted molar refractivity (Wildman–Crippen MR) is 135 cm³/mol. The van der Waals surface area contributed by atoms with Crippen LogP contribution in [0.5, 0.6) is 0 Å². The first-order chi connectivity index (χ1) is 17.0. The van der Waals surface area contributed by atoms with Gasteiger partial charge in [0.15, 0.2) is 5.65 Å². The monoisotopic (exact) mass is 483 g/mol. The molecule has 4 aromatic heterocycles. The summed E-state index contributed by atoms with van der Waals surface area (Å²) in [7, 11) is 0. The van der Waals surface area contributed by atoms with Crippen molar-refractivity contribution < 1.29 is 8.81 Å². The van der Waals surface area contributed by atoms with Gasteiger partial charge in [0.2, 0.25) is 5.43 Å². The number of halogens is 1. The van der Waals surface area contributed by atoms with Crippen LogP contribution in [-0.2, 0) is 0 Å². The summed E-state index contributed by atoms with van der Waals surface area (Å²) in [4.78, 5) is 22.3. The van der Waals surface area contributed by atoms with Gasteiger partial charge in [0.25, 0.3) is 0 Å². The molecular weight excluding hydrogens is 465 g/mol. The zero-order chi connectivity index (χ0) is 24.1. The molecule has 6 rings (SSSR count). The summed E-state index contributed by atoms with van der Waals surface area (Å²) >= 11 is 1.54. The summed E-state index contributed by atoms with van der Waals surface area (Å²) in [5.74, 6) is 0.205. The van der Waals surface area contributed by atoms with Gasteiger partial charge in [0.1, 0.15) is 41.0 Å². The number of hydrogen-bond donors (Lipinski definition) is 1. The third kappa shape index (κ3) is 3.39. The topological polar surface area (TPSA) is 99.8 Å². The second-order valence-electron chi connectivity index (χ2n) is 8.12. The van der Waals surface area contributed by atoms with E-state index < -0.39 is 11.9 Å². The van der Waals surface area contributed by atoms with Crippen LogP contribution in [-0.4, -0.2) is 19.7 Å². The average Bonchev–Trinajstić information content (AvgIpc) is 3.52. The number of hydrogen-bond acceptors (Lipinski definition) is 7. The van der Waals surface area contributed by atoms with Gasteiger partial charge in [-0.05, 0) is 48.2 Å². The number of rotatable bonds is 4. The number of nitrogen functional groups attached to an aromatic ring is 1. The van der Waals surface area contributed by atoms with Crippen molar-refractivity contribution in [3.63, 3.8) is 0 Å². The number of anilines is 1. The van der Waals surface area contributed by atoms with E-state index in [0.29, 0.717) is 44.8 Å². The van der Waals surface area contributed by atoms with Crippen molar-refractivity contribution in [2.75, 3.05) is 5.73 Å². The summed E-state index contributed by atoms with van der Waals surface area (Å²) in [6.45, 7) is 1.86. The van der Waals surface area contributed by atoms with Crippen molar-refractivity contribution in [3.05, 3.63) is 93.5 Å². The van der Waals surface area contributed by atoms with Gasteiger partial charge in [-0.2, -0.15) is 16.4 Å². The number of para-hydroxylation sites is 1. The minimum absolute atomic E-state index is 0.247. The molecule has 2 N–H and O–H groups in total. The van der Waals surface area contributed by atoms with Gasteiger partial charge in [0.05, 0.1) is 16.3 Å². The van der Waals surface area contributed by atoms with Gasteiger partial charge < -0.3 is 10.2 Å². The van der Waals surface area contributed by atoms with Crippen LogP contribution in [0.1, 0.15) is 18.7 Å². The highest BCUT2D eigenvalue weighted by Gasteiger charge is 2.27. The number of benzene rings is 2. The Kier molecular flexibility index (Phi) is 4.93. The molecule has 0 aliphatic carbocycles. The molecule has 2 aromatic carbocycles. The number of fused-ring (bicyclic) bond motifs is 2. The number of nitrogens with two attached hydrogens (primary N) is 1. The average molecular weight is 484 g/mol. The van der Waals surface area contributed by atoms with E-state index in [1.54, 1.807) is 52.4 Å². The summed E-state index contributed by atoms with van der Waals surface area (Å²) in [5.41, 5.74) is 9.16. The minimum atomic E-state index is -0.574. The first-order valence-electron chi connectivity index (χ1n) is 10.9. The van der Waals surface area contributed by atoms with Crippen molar-refractivity contribution in [1.29, 1.82) is 0 Å². The number of nitrogens with zero attached hydrogens (tertiary/aromatic N) is 4. The van der Waals surface area contributed by atoms with E-state index in [9.17, 15) is 9.18 Å². The van der Waals surface area contributed by atoms with Crippen LogP contribution < -0.4 is 11.2 Å². The van der Waals surface area contributed by atoms with E-state index in [-0.39, 0.29) is 11.0 Å². The molecule has 0 fully saturated rings. The molecule has 0 spiro atoms. The Balaban J connectivity index is 1.66. The number of aromatic nitrogens is 4. The lowest BCUT2D eigenvalue weighted by Gasteiger charge is -2.17. The molecule has 1 unspecified atom stereocenters. The molecule has 7 nitrogen and oxygen atoms in total. The smallest absolute Gasteiger partial charge is 0.200 e. The quantitative estimate of drug-likeness (QED) is 0.347. The fraction of sp³-hybridized carbons (Fsp3) is 0.0769. The lowest BCUT2D eigenvalue weighted by Crippen LogP contribution is -2.16. The normalized spacial score (nSPS) is 12.4. The van der Waals surface area contributed by atoms with E-state index in [0.717, 1.165) is 5.56 Å². The van der Waals surface area contributed by atoms with Crippen LogP contribution in [0.15, 0.2) is 80.9 Å². The summed E-state index contributed by atoms with van der Waals surface area (Å²) < 4.78 is 22.2. The molecule has 172 valence electrons. The molecule has 0 saturated carbocycles. The maximum absolute atomic E-state index is 14.2. The Morgan fingerprint density at radius 1 is 1.09 bits per heavy atom. The molecule has 6 aromatic rings. The van der Waals surface area contributed by atoms with Gasteiger partial charge in [0, 0.05) is 10.9 Å². The molecule has 0 saturated heterocycles. The van der Waals surface area contributed by atoms with E-state index in [2.05, 4.69) is 9.97 Å². The zero-order valence-electron chi connectivity index (χ0n) is 18.5. The largest absolute Gasteiger partial charge is 0.458 e. The van der Waals surface area contributed by atoms with Crippen LogP contribution >= 0.6 is 11.3 Å². The van der Waals surface area contributed by atoms with Crippen LogP contribution in [0, 0.1) is 5.82 Å². The Morgan fingerprint density at radius 2 is 1.94 bits per heavy atom. The standard InChI is InChI=1S/C26H18FN5O2S/c1-14(32-26-21(25(28)29-13-30-26)22(31-32)16-9-10-35-12-16)24-20(15-5-4-6-17(27)11-15)23(33)18-7-2-3-8-19(18)34-24/h2-14H,1H3,(H2,28,29,30). The van der Waals surface area contributed by atoms with Crippen molar-refractivity contribution in [2.45, 2.75) is 13.0 Å². The Bertz CT molecular complexity index is 1770. The molecule has 0 bridgehead atoms. The molecule has 0 amide bonds. The Hall–Kier alpha value is -4.37. The summed E-state index contributed by atoms with van der Waals surface area (Å²) in [5, 5.41) is 9.79. The SMILES string of the molecule is CC(c1oc2ccccc2c(=O)c1-c1cccc(F)c1)n1nc(-c2ccsc2)c2c(N)ncnc21. The van der Waals surface area contributed by atoms with E-state index in [1.165, 1.54) is 18.5 Å². The molecule has 9 heteroatoms. The summed E-state index contributed by atoms with van der Waals surface area (Å²) in [6, 6.07) is 14.3. The van der Waals surface area contributed by atoms with Gasteiger partial charge in [-0.3, -0.25) is 4.79 Å². The lowest BCUT2D eigenvalue weighted by atomic mass is 9.99. The Labute approximate surface area is 202 Å². The lowest BCUT2D eigenvalue weighted by molar-refractivity contribution is 0.446. The van der Waals surface area contributed by atoms with Gasteiger partial charge >= 0.3 is 0 Å². The molecule has 4 heterocycles. The maximum Gasteiger partial charge on any atom is 0.200 e. The zero-order valence-corrected chi connectivity index (χ0v) is 19.3. The van der Waals surface area contributed by atoms with E-state index >= 15 is 0 Å². The second kappa shape index (κ2) is 8.14. The van der Waals surface area contributed by atoms with Gasteiger partial charge in [-0.1, -0.05) is 24.3 Å². The highest BCUT2D eigenvalue weighted by molar-refractivity contribution is 7.08. The van der Waals surface area contributed by atoms with Gasteiger partial charge in [-0.15, -0.1) is 0 Å². The fourth-order valence-electron chi connectivity index (χ4n) is 4.35. The van der Waals surface area contributed by atoms with Crippen LogP contribution in [0.4, 0.5) is 10.2 Å². The molecule has 0 aliphatic rings. The maximum atomic E-state index is 14.2. The van der Waals surface area contributed by atoms with Crippen molar-refractivity contribution in [1.82, 2.24) is 19.7 Å². The molecule has 0 aliphatic heterocycles. The predicted octanol–water partition coefficient (Wildman–Crippen LogP) is 5.66. The molecular formula is C26H18FN5O2S. The van der Waals surface area contributed by atoms with Crippen molar-refractivity contribution >= 4 is 39.2 Å². The van der Waals surface area contributed by atoms with Gasteiger partial charge in [-0.25, -0.2) is 19.0 Å². The molecule has 35 heavy (non-hydrogen) atoms. The van der Waals surface area contributed by atoms with E-state index in [4.69, 9.17) is 15.2 Å².